The molecule has 0 spiro atoms. The van der Waals surface area contributed by atoms with Crippen LogP contribution in [0, 0.1) is 0 Å². The van der Waals surface area contributed by atoms with E-state index in [4.69, 9.17) is 9.47 Å². The van der Waals surface area contributed by atoms with Gasteiger partial charge >= 0.3 is 0 Å². The van der Waals surface area contributed by atoms with Gasteiger partial charge in [-0.1, -0.05) is 12.1 Å². The summed E-state index contributed by atoms with van der Waals surface area (Å²) in [6.45, 7) is 0.0894. The number of phenolic OH excluding ortho intramolecular Hbond substituents is 1. The molecule has 0 bridgehead atoms. The van der Waals surface area contributed by atoms with Crippen molar-refractivity contribution >= 4 is 11.8 Å². The van der Waals surface area contributed by atoms with E-state index in [2.05, 4.69) is 0 Å². The van der Waals surface area contributed by atoms with E-state index in [-0.39, 0.29) is 23.4 Å². The van der Waals surface area contributed by atoms with Gasteiger partial charge in [-0.15, -0.1) is 0 Å². The van der Waals surface area contributed by atoms with Crippen LogP contribution in [0.4, 0.5) is 0 Å². The highest BCUT2D eigenvalue weighted by Crippen LogP contribution is 2.32. The van der Waals surface area contributed by atoms with Crippen LogP contribution < -0.4 is 9.47 Å². The Morgan fingerprint density at radius 1 is 1.00 bits per heavy atom. The molecule has 2 amide bonds. The topological polar surface area (TPSA) is 76.1 Å². The minimum atomic E-state index is -0.502. The first-order valence-corrected chi connectivity index (χ1v) is 6.96. The Kier molecular flexibility index (Phi) is 3.65. The lowest BCUT2D eigenvalue weighted by Crippen LogP contribution is -2.29. The van der Waals surface area contributed by atoms with Gasteiger partial charge in [0.1, 0.15) is 5.75 Å². The van der Waals surface area contributed by atoms with Gasteiger partial charge in [0, 0.05) is 0 Å². The Morgan fingerprint density at radius 2 is 1.74 bits per heavy atom. The summed E-state index contributed by atoms with van der Waals surface area (Å²) < 4.78 is 10.4. The van der Waals surface area contributed by atoms with Crippen LogP contribution in [0.3, 0.4) is 0 Å². The number of hydrogen-bond donors (Lipinski definition) is 1. The summed E-state index contributed by atoms with van der Waals surface area (Å²) in [5.41, 5.74) is 0.991. The molecule has 0 aromatic heterocycles. The fraction of sp³-hybridized carbons (Fsp3) is 0.176. The molecule has 1 heterocycles. The quantitative estimate of drug-likeness (QED) is 0.876. The third kappa shape index (κ3) is 2.38. The number of methoxy groups -OCH3 is 2. The third-order valence-electron chi connectivity index (χ3n) is 3.77. The van der Waals surface area contributed by atoms with E-state index in [9.17, 15) is 14.7 Å². The monoisotopic (exact) mass is 313 g/mol. The first-order chi connectivity index (χ1) is 11.1. The summed E-state index contributed by atoms with van der Waals surface area (Å²) in [4.78, 5) is 25.9. The van der Waals surface area contributed by atoms with Crippen molar-refractivity contribution in [2.45, 2.75) is 6.54 Å². The predicted molar refractivity (Wildman–Crippen MR) is 81.9 cm³/mol. The summed E-state index contributed by atoms with van der Waals surface area (Å²) in [6, 6.07) is 9.64. The van der Waals surface area contributed by atoms with Gasteiger partial charge in [0.15, 0.2) is 11.5 Å². The number of benzene rings is 2. The molecule has 3 rings (SSSR count). The van der Waals surface area contributed by atoms with Crippen LogP contribution in [-0.2, 0) is 6.54 Å². The highest BCUT2D eigenvalue weighted by Gasteiger charge is 2.37. The zero-order valence-electron chi connectivity index (χ0n) is 12.7. The molecule has 0 saturated heterocycles. The van der Waals surface area contributed by atoms with Gasteiger partial charge in [-0.3, -0.25) is 14.5 Å². The first kappa shape index (κ1) is 14.9. The average Bonchev–Trinajstić information content (AvgIpc) is 2.80. The Morgan fingerprint density at radius 3 is 2.39 bits per heavy atom. The number of hydrogen-bond acceptors (Lipinski definition) is 5. The van der Waals surface area contributed by atoms with Gasteiger partial charge in [0.25, 0.3) is 11.8 Å². The summed E-state index contributed by atoms with van der Waals surface area (Å²) in [7, 11) is 3.05. The van der Waals surface area contributed by atoms with Gasteiger partial charge in [-0.05, 0) is 29.8 Å². The molecule has 1 aliphatic heterocycles. The highest BCUT2D eigenvalue weighted by molar-refractivity contribution is 6.22. The van der Waals surface area contributed by atoms with Gasteiger partial charge in [-0.2, -0.15) is 0 Å². The first-order valence-electron chi connectivity index (χ1n) is 6.96. The lowest BCUT2D eigenvalue weighted by atomic mass is 10.1. The van der Waals surface area contributed by atoms with Crippen LogP contribution in [0.25, 0.3) is 0 Å². The Hall–Kier alpha value is -3.02. The van der Waals surface area contributed by atoms with Gasteiger partial charge in [0.05, 0.1) is 31.9 Å². The van der Waals surface area contributed by atoms with E-state index >= 15 is 0 Å². The second-order valence-electron chi connectivity index (χ2n) is 5.09. The van der Waals surface area contributed by atoms with Crippen LogP contribution in [0.1, 0.15) is 26.3 Å². The molecule has 0 radical (unpaired) electrons. The number of rotatable bonds is 4. The average molecular weight is 313 g/mol. The van der Waals surface area contributed by atoms with E-state index in [1.54, 1.807) is 24.3 Å². The lowest BCUT2D eigenvalue weighted by Gasteiger charge is -2.15. The van der Waals surface area contributed by atoms with Crippen molar-refractivity contribution in [2.75, 3.05) is 14.2 Å². The van der Waals surface area contributed by atoms with Crippen LogP contribution in [0.5, 0.6) is 17.2 Å². The molecular weight excluding hydrogens is 298 g/mol. The number of nitrogens with zero attached hydrogens (tertiary/aromatic N) is 1. The molecule has 0 unspecified atom stereocenters. The molecule has 2 aromatic carbocycles. The molecule has 6 heteroatoms. The second kappa shape index (κ2) is 5.64. The van der Waals surface area contributed by atoms with Crippen molar-refractivity contribution in [1.29, 1.82) is 0 Å². The fourth-order valence-electron chi connectivity index (χ4n) is 2.62. The van der Waals surface area contributed by atoms with Gasteiger partial charge in [0.2, 0.25) is 0 Å². The van der Waals surface area contributed by atoms with E-state index in [1.165, 1.54) is 26.4 Å². The van der Waals surface area contributed by atoms with E-state index < -0.39 is 11.8 Å². The molecule has 1 N–H and O–H groups in total. The number of carbonyl (C=O) groups excluding carboxylic acids is 2. The molecule has 6 nitrogen and oxygen atoms in total. The standard InChI is InChI=1S/C17H15NO5/c1-22-13-7-6-10(8-14(13)23-2)9-18-16(20)11-4-3-5-12(19)15(11)17(18)21/h3-8,19H,9H2,1-2H3. The fourth-order valence-corrected chi connectivity index (χ4v) is 2.62. The minimum absolute atomic E-state index is 0.0537. The molecule has 0 atom stereocenters. The predicted octanol–water partition coefficient (Wildman–Crippen LogP) is 2.21. The normalized spacial score (nSPS) is 13.2. The number of carbonyl (C=O) groups is 2. The number of amides is 2. The summed E-state index contributed by atoms with van der Waals surface area (Å²) in [6.07, 6.45) is 0. The molecule has 0 saturated carbocycles. The molecule has 1 aliphatic rings. The minimum Gasteiger partial charge on any atom is -0.507 e. The summed E-state index contributed by atoms with van der Waals surface area (Å²) in [5.74, 6) is -0.0232. The SMILES string of the molecule is COc1ccc(CN2C(=O)c3cccc(O)c3C2=O)cc1OC. The maximum Gasteiger partial charge on any atom is 0.265 e. The van der Waals surface area contributed by atoms with Crippen molar-refractivity contribution in [3.8, 4) is 17.2 Å². The van der Waals surface area contributed by atoms with Crippen molar-refractivity contribution in [2.24, 2.45) is 0 Å². The van der Waals surface area contributed by atoms with Crippen LogP contribution in [-0.4, -0.2) is 36.0 Å². The van der Waals surface area contributed by atoms with Gasteiger partial charge < -0.3 is 14.6 Å². The van der Waals surface area contributed by atoms with E-state index in [1.807, 2.05) is 0 Å². The maximum absolute atomic E-state index is 12.4. The van der Waals surface area contributed by atoms with Crippen molar-refractivity contribution in [1.82, 2.24) is 4.90 Å². The molecule has 0 aliphatic carbocycles. The highest BCUT2D eigenvalue weighted by atomic mass is 16.5. The number of imide groups is 1. The van der Waals surface area contributed by atoms with Crippen molar-refractivity contribution < 1.29 is 24.2 Å². The van der Waals surface area contributed by atoms with E-state index in [0.29, 0.717) is 11.5 Å². The van der Waals surface area contributed by atoms with Crippen LogP contribution in [0.15, 0.2) is 36.4 Å². The Labute approximate surface area is 132 Å². The lowest BCUT2D eigenvalue weighted by molar-refractivity contribution is 0.0641. The molecule has 2 aromatic rings. The summed E-state index contributed by atoms with van der Waals surface area (Å²) >= 11 is 0. The Balaban J connectivity index is 1.92. The van der Waals surface area contributed by atoms with Gasteiger partial charge in [-0.25, -0.2) is 0 Å². The Bertz CT molecular complexity index is 800. The number of ether oxygens (including phenoxy) is 2. The third-order valence-corrected chi connectivity index (χ3v) is 3.77. The molecule has 23 heavy (non-hydrogen) atoms. The smallest absolute Gasteiger partial charge is 0.265 e. The number of aromatic hydroxyl groups is 1. The van der Waals surface area contributed by atoms with Crippen LogP contribution >= 0.6 is 0 Å². The molecule has 118 valence electrons. The van der Waals surface area contributed by atoms with Crippen molar-refractivity contribution in [3.05, 3.63) is 53.1 Å². The van der Waals surface area contributed by atoms with E-state index in [0.717, 1.165) is 10.5 Å². The number of phenols is 1. The molecular formula is C17H15NO5. The second-order valence-corrected chi connectivity index (χ2v) is 5.09. The molecule has 0 fully saturated rings. The number of fused-ring (bicyclic) bond motifs is 1. The van der Waals surface area contributed by atoms with Crippen LogP contribution in [0.2, 0.25) is 0 Å². The zero-order valence-corrected chi connectivity index (χ0v) is 12.7. The summed E-state index contributed by atoms with van der Waals surface area (Å²) in [5, 5.41) is 9.82. The zero-order chi connectivity index (χ0) is 16.6. The largest absolute Gasteiger partial charge is 0.507 e. The maximum atomic E-state index is 12.4. The van der Waals surface area contributed by atoms with Crippen molar-refractivity contribution in [3.63, 3.8) is 0 Å².